The Morgan fingerprint density at radius 1 is 1.03 bits per heavy atom. The van der Waals surface area contributed by atoms with Crippen molar-refractivity contribution in [2.45, 2.75) is 32.8 Å². The molecule has 0 radical (unpaired) electrons. The molecule has 6 heteroatoms. The number of nitrogens with zero attached hydrogens (tertiary/aromatic N) is 3. The van der Waals surface area contributed by atoms with E-state index in [1.165, 1.54) is 0 Å². The van der Waals surface area contributed by atoms with Gasteiger partial charge in [-0.05, 0) is 57.0 Å². The van der Waals surface area contributed by atoms with Gasteiger partial charge in [0.25, 0.3) is 5.91 Å². The highest BCUT2D eigenvalue weighted by Crippen LogP contribution is 2.25. The lowest BCUT2D eigenvalue weighted by Gasteiger charge is -2.32. The van der Waals surface area contributed by atoms with E-state index in [1.807, 2.05) is 38.1 Å². The SMILES string of the molecule is CC(C)Oc1cccc(C(=O)[C@H]2CCCN(C(=O)c3ccc4nccnc4c3)C2)c1. The van der Waals surface area contributed by atoms with Gasteiger partial charge in [0.15, 0.2) is 5.78 Å². The van der Waals surface area contributed by atoms with Gasteiger partial charge >= 0.3 is 0 Å². The molecule has 1 aromatic heterocycles. The van der Waals surface area contributed by atoms with Gasteiger partial charge in [0, 0.05) is 42.5 Å². The van der Waals surface area contributed by atoms with Crippen LogP contribution in [-0.4, -0.2) is 45.8 Å². The first-order valence-corrected chi connectivity index (χ1v) is 10.3. The molecule has 1 amide bonds. The number of likely N-dealkylation sites (tertiary alicyclic amines) is 1. The van der Waals surface area contributed by atoms with Crippen LogP contribution in [0.15, 0.2) is 54.9 Å². The Morgan fingerprint density at radius 3 is 2.63 bits per heavy atom. The van der Waals surface area contributed by atoms with E-state index in [0.29, 0.717) is 35.5 Å². The number of carbonyl (C=O) groups excluding carboxylic acids is 2. The third-order valence-electron chi connectivity index (χ3n) is 5.29. The normalized spacial score (nSPS) is 16.6. The first kappa shape index (κ1) is 20.0. The molecular formula is C24H25N3O3. The number of rotatable bonds is 5. The number of ketones is 1. The van der Waals surface area contributed by atoms with Crippen molar-refractivity contribution < 1.29 is 14.3 Å². The maximum Gasteiger partial charge on any atom is 0.253 e. The Balaban J connectivity index is 1.49. The van der Waals surface area contributed by atoms with Crippen molar-refractivity contribution in [1.29, 1.82) is 0 Å². The molecule has 1 saturated heterocycles. The zero-order valence-corrected chi connectivity index (χ0v) is 17.2. The van der Waals surface area contributed by atoms with Crippen molar-refractivity contribution in [3.05, 3.63) is 66.0 Å². The minimum absolute atomic E-state index is 0.0461. The summed E-state index contributed by atoms with van der Waals surface area (Å²) in [6.07, 6.45) is 4.87. The number of carbonyl (C=O) groups is 2. The smallest absolute Gasteiger partial charge is 0.253 e. The summed E-state index contributed by atoms with van der Waals surface area (Å²) in [5.74, 6) is 0.470. The predicted octanol–water partition coefficient (Wildman–Crippen LogP) is 4.15. The highest BCUT2D eigenvalue weighted by Gasteiger charge is 2.29. The molecule has 6 nitrogen and oxygen atoms in total. The van der Waals surface area contributed by atoms with E-state index in [1.54, 1.807) is 35.5 Å². The number of amides is 1. The molecule has 4 rings (SSSR count). The Labute approximate surface area is 175 Å². The zero-order chi connectivity index (χ0) is 21.1. The second-order valence-electron chi connectivity index (χ2n) is 7.91. The number of ether oxygens (including phenoxy) is 1. The van der Waals surface area contributed by atoms with Crippen LogP contribution >= 0.6 is 0 Å². The van der Waals surface area contributed by atoms with Gasteiger partial charge in [0.1, 0.15) is 5.75 Å². The maximum absolute atomic E-state index is 13.1. The van der Waals surface area contributed by atoms with Crippen LogP contribution in [0, 0.1) is 5.92 Å². The van der Waals surface area contributed by atoms with E-state index in [-0.39, 0.29) is 23.7 Å². The molecule has 0 spiro atoms. The summed E-state index contributed by atoms with van der Waals surface area (Å²) in [6, 6.07) is 12.7. The summed E-state index contributed by atoms with van der Waals surface area (Å²) in [5, 5.41) is 0. The van der Waals surface area contributed by atoms with Crippen LogP contribution in [-0.2, 0) is 0 Å². The average molecular weight is 403 g/mol. The first-order chi connectivity index (χ1) is 14.5. The van der Waals surface area contributed by atoms with Gasteiger partial charge in [0.05, 0.1) is 17.1 Å². The molecular weight excluding hydrogens is 378 g/mol. The highest BCUT2D eigenvalue weighted by atomic mass is 16.5. The average Bonchev–Trinajstić information content (AvgIpc) is 2.77. The lowest BCUT2D eigenvalue weighted by atomic mass is 9.89. The monoisotopic (exact) mass is 403 g/mol. The van der Waals surface area contributed by atoms with Crippen molar-refractivity contribution in [2.75, 3.05) is 13.1 Å². The zero-order valence-electron chi connectivity index (χ0n) is 17.2. The molecule has 1 aliphatic heterocycles. The Kier molecular flexibility index (Phi) is 5.74. The Bertz CT molecular complexity index is 1080. The molecule has 2 aromatic carbocycles. The number of hydrogen-bond donors (Lipinski definition) is 0. The second-order valence-corrected chi connectivity index (χ2v) is 7.91. The van der Waals surface area contributed by atoms with Crippen LogP contribution in [0.5, 0.6) is 5.75 Å². The third kappa shape index (κ3) is 4.32. The second kappa shape index (κ2) is 8.61. The van der Waals surface area contributed by atoms with Crippen molar-refractivity contribution in [2.24, 2.45) is 5.92 Å². The van der Waals surface area contributed by atoms with Crippen molar-refractivity contribution in [3.8, 4) is 5.75 Å². The minimum atomic E-state index is -0.211. The highest BCUT2D eigenvalue weighted by molar-refractivity contribution is 6.00. The number of piperidine rings is 1. The van der Waals surface area contributed by atoms with E-state index in [4.69, 9.17) is 4.74 Å². The van der Waals surface area contributed by atoms with Gasteiger partial charge in [-0.25, -0.2) is 0 Å². The Morgan fingerprint density at radius 2 is 1.83 bits per heavy atom. The Hall–Kier alpha value is -3.28. The topological polar surface area (TPSA) is 72.4 Å². The lowest BCUT2D eigenvalue weighted by molar-refractivity contribution is 0.0637. The van der Waals surface area contributed by atoms with E-state index in [2.05, 4.69) is 9.97 Å². The van der Waals surface area contributed by atoms with E-state index >= 15 is 0 Å². The van der Waals surface area contributed by atoms with E-state index in [9.17, 15) is 9.59 Å². The van der Waals surface area contributed by atoms with E-state index < -0.39 is 0 Å². The van der Waals surface area contributed by atoms with Crippen LogP contribution in [0.25, 0.3) is 11.0 Å². The van der Waals surface area contributed by atoms with Gasteiger partial charge in [-0.2, -0.15) is 0 Å². The summed E-state index contributed by atoms with van der Waals surface area (Å²) < 4.78 is 5.72. The van der Waals surface area contributed by atoms with Crippen molar-refractivity contribution in [1.82, 2.24) is 14.9 Å². The summed E-state index contributed by atoms with van der Waals surface area (Å²) >= 11 is 0. The quantitative estimate of drug-likeness (QED) is 0.599. The molecule has 1 atom stereocenters. The van der Waals surface area contributed by atoms with Gasteiger partial charge in [-0.1, -0.05) is 12.1 Å². The molecule has 0 N–H and O–H groups in total. The standard InChI is InChI=1S/C24H25N3O3/c1-16(2)30-20-7-3-5-17(13-20)23(28)19-6-4-12-27(15-19)24(29)18-8-9-21-22(14-18)26-11-10-25-21/h3,5,7-11,13-14,16,19H,4,6,12,15H2,1-2H3/t19-/m0/s1. The summed E-state index contributed by atoms with van der Waals surface area (Å²) in [5.41, 5.74) is 2.65. The van der Waals surface area contributed by atoms with Crippen LogP contribution in [0.4, 0.5) is 0 Å². The third-order valence-corrected chi connectivity index (χ3v) is 5.29. The van der Waals surface area contributed by atoms with Gasteiger partial charge in [0.2, 0.25) is 0 Å². The van der Waals surface area contributed by atoms with Crippen LogP contribution in [0.2, 0.25) is 0 Å². The summed E-state index contributed by atoms with van der Waals surface area (Å²) in [4.78, 5) is 36.5. The largest absolute Gasteiger partial charge is 0.491 e. The first-order valence-electron chi connectivity index (χ1n) is 10.3. The lowest BCUT2D eigenvalue weighted by Crippen LogP contribution is -2.42. The molecule has 0 saturated carbocycles. The predicted molar refractivity (Wildman–Crippen MR) is 115 cm³/mol. The molecule has 0 aliphatic carbocycles. The fraction of sp³-hybridized carbons (Fsp3) is 0.333. The summed E-state index contributed by atoms with van der Waals surface area (Å²) in [7, 11) is 0. The molecule has 1 aliphatic rings. The maximum atomic E-state index is 13.1. The number of hydrogen-bond acceptors (Lipinski definition) is 5. The number of Topliss-reactive ketones (excluding diaryl/α,β-unsaturated/α-hetero) is 1. The molecule has 0 unspecified atom stereocenters. The van der Waals surface area contributed by atoms with Crippen molar-refractivity contribution >= 4 is 22.7 Å². The van der Waals surface area contributed by atoms with Crippen LogP contribution in [0.3, 0.4) is 0 Å². The van der Waals surface area contributed by atoms with Crippen LogP contribution < -0.4 is 4.74 Å². The molecule has 30 heavy (non-hydrogen) atoms. The van der Waals surface area contributed by atoms with Gasteiger partial charge in [-0.15, -0.1) is 0 Å². The molecule has 2 heterocycles. The molecule has 154 valence electrons. The van der Waals surface area contributed by atoms with Gasteiger partial charge in [-0.3, -0.25) is 19.6 Å². The van der Waals surface area contributed by atoms with Gasteiger partial charge < -0.3 is 9.64 Å². The fourth-order valence-electron chi connectivity index (χ4n) is 3.89. The molecule has 0 bridgehead atoms. The minimum Gasteiger partial charge on any atom is -0.491 e. The van der Waals surface area contributed by atoms with E-state index in [0.717, 1.165) is 18.4 Å². The number of fused-ring (bicyclic) bond motifs is 1. The number of benzene rings is 2. The van der Waals surface area contributed by atoms with Crippen LogP contribution in [0.1, 0.15) is 47.4 Å². The molecule has 3 aromatic rings. The molecule has 1 fully saturated rings. The number of aromatic nitrogens is 2. The van der Waals surface area contributed by atoms with Crippen molar-refractivity contribution in [3.63, 3.8) is 0 Å². The summed E-state index contributed by atoms with van der Waals surface area (Å²) in [6.45, 7) is 4.98. The fourth-order valence-corrected chi connectivity index (χ4v) is 3.89.